The van der Waals surface area contributed by atoms with Gasteiger partial charge in [0.2, 0.25) is 0 Å². The van der Waals surface area contributed by atoms with E-state index in [-0.39, 0.29) is 0 Å². The van der Waals surface area contributed by atoms with E-state index in [1.54, 1.807) is 0 Å². The van der Waals surface area contributed by atoms with Crippen molar-refractivity contribution in [1.29, 1.82) is 0 Å². The molecule has 21 heavy (non-hydrogen) atoms. The van der Waals surface area contributed by atoms with Crippen LogP contribution < -0.4 is 5.32 Å². The SMILES string of the molecule is CC(C)N(Cc1ccc(CNC2CC2)o1)Cc1cccs1. The largest absolute Gasteiger partial charge is 0.463 e. The van der Waals surface area contributed by atoms with Crippen molar-refractivity contribution >= 4 is 11.3 Å². The molecule has 0 atom stereocenters. The Balaban J connectivity index is 1.56. The number of thiophene rings is 1. The summed E-state index contributed by atoms with van der Waals surface area (Å²) in [7, 11) is 0. The molecule has 2 heterocycles. The molecule has 0 unspecified atom stereocenters. The fourth-order valence-electron chi connectivity index (χ4n) is 2.36. The predicted molar refractivity (Wildman–Crippen MR) is 87.3 cm³/mol. The van der Waals surface area contributed by atoms with Crippen LogP contribution in [0.15, 0.2) is 34.1 Å². The molecular formula is C17H24N2OS. The Bertz CT molecular complexity index is 543. The molecule has 2 aromatic rings. The van der Waals surface area contributed by atoms with Crippen LogP contribution in [0.4, 0.5) is 0 Å². The standard InChI is InChI=1S/C17H24N2OS/c1-13(2)19(12-17-4-3-9-21-17)11-16-8-7-15(20-16)10-18-14-5-6-14/h3-4,7-9,13-14,18H,5-6,10-12H2,1-2H3. The van der Waals surface area contributed by atoms with E-state index < -0.39 is 0 Å². The summed E-state index contributed by atoms with van der Waals surface area (Å²) in [4.78, 5) is 3.86. The second-order valence-electron chi connectivity index (χ2n) is 6.10. The molecule has 4 heteroatoms. The number of rotatable bonds is 8. The van der Waals surface area contributed by atoms with Crippen LogP contribution in [0, 0.1) is 0 Å². The lowest BCUT2D eigenvalue weighted by Crippen LogP contribution is -2.29. The fraction of sp³-hybridized carbons (Fsp3) is 0.529. The van der Waals surface area contributed by atoms with Gasteiger partial charge in [0.15, 0.2) is 0 Å². The second-order valence-corrected chi connectivity index (χ2v) is 7.13. The molecule has 0 saturated heterocycles. The van der Waals surface area contributed by atoms with E-state index in [0.29, 0.717) is 6.04 Å². The molecule has 0 aliphatic heterocycles. The highest BCUT2D eigenvalue weighted by atomic mass is 32.1. The predicted octanol–water partition coefficient (Wildman–Crippen LogP) is 4.00. The number of hydrogen-bond acceptors (Lipinski definition) is 4. The summed E-state index contributed by atoms with van der Waals surface area (Å²) < 4.78 is 5.96. The van der Waals surface area contributed by atoms with Gasteiger partial charge in [0.25, 0.3) is 0 Å². The number of furan rings is 1. The highest BCUT2D eigenvalue weighted by Crippen LogP contribution is 2.21. The topological polar surface area (TPSA) is 28.4 Å². The van der Waals surface area contributed by atoms with Crippen molar-refractivity contribution in [2.45, 2.75) is 58.4 Å². The van der Waals surface area contributed by atoms with E-state index in [1.165, 1.54) is 17.7 Å². The van der Waals surface area contributed by atoms with Gasteiger partial charge in [-0.25, -0.2) is 0 Å². The fourth-order valence-corrected chi connectivity index (χ4v) is 3.09. The Morgan fingerprint density at radius 2 is 2.05 bits per heavy atom. The number of nitrogens with one attached hydrogen (secondary N) is 1. The van der Waals surface area contributed by atoms with Gasteiger partial charge in [-0.3, -0.25) is 4.90 Å². The molecule has 2 aromatic heterocycles. The molecule has 3 rings (SSSR count). The van der Waals surface area contributed by atoms with Gasteiger partial charge in [-0.2, -0.15) is 0 Å². The van der Waals surface area contributed by atoms with Crippen LogP contribution in [0.25, 0.3) is 0 Å². The molecule has 1 aliphatic rings. The van der Waals surface area contributed by atoms with Gasteiger partial charge < -0.3 is 9.73 Å². The van der Waals surface area contributed by atoms with Crippen LogP contribution in [0.1, 0.15) is 43.1 Å². The van der Waals surface area contributed by atoms with Crippen LogP contribution >= 0.6 is 11.3 Å². The first-order valence-corrected chi connectivity index (χ1v) is 8.66. The van der Waals surface area contributed by atoms with Crippen molar-refractivity contribution < 1.29 is 4.42 Å². The molecule has 114 valence electrons. The smallest absolute Gasteiger partial charge is 0.118 e. The Morgan fingerprint density at radius 1 is 1.24 bits per heavy atom. The first kappa shape index (κ1) is 14.8. The van der Waals surface area contributed by atoms with Crippen molar-refractivity contribution in [2.24, 2.45) is 0 Å². The van der Waals surface area contributed by atoms with Crippen molar-refractivity contribution in [3.8, 4) is 0 Å². The monoisotopic (exact) mass is 304 g/mol. The van der Waals surface area contributed by atoms with Crippen molar-refractivity contribution in [3.63, 3.8) is 0 Å². The molecule has 0 radical (unpaired) electrons. The molecule has 1 aliphatic carbocycles. The summed E-state index contributed by atoms with van der Waals surface area (Å²) in [5.41, 5.74) is 0. The lowest BCUT2D eigenvalue weighted by molar-refractivity contribution is 0.188. The second kappa shape index (κ2) is 6.77. The average Bonchev–Trinajstić information content (AvgIpc) is 2.96. The van der Waals surface area contributed by atoms with E-state index >= 15 is 0 Å². The molecule has 1 N–H and O–H groups in total. The zero-order valence-electron chi connectivity index (χ0n) is 12.8. The molecular weight excluding hydrogens is 280 g/mol. The highest BCUT2D eigenvalue weighted by Gasteiger charge is 2.20. The van der Waals surface area contributed by atoms with Crippen molar-refractivity contribution in [3.05, 3.63) is 46.0 Å². The van der Waals surface area contributed by atoms with Gasteiger partial charge in [0.05, 0.1) is 13.1 Å². The van der Waals surface area contributed by atoms with Crippen LogP contribution in [0.3, 0.4) is 0 Å². The van der Waals surface area contributed by atoms with E-state index in [4.69, 9.17) is 4.42 Å². The molecule has 1 fully saturated rings. The zero-order valence-corrected chi connectivity index (χ0v) is 13.7. The molecule has 0 spiro atoms. The zero-order chi connectivity index (χ0) is 14.7. The van der Waals surface area contributed by atoms with E-state index in [0.717, 1.165) is 37.2 Å². The van der Waals surface area contributed by atoms with Crippen molar-refractivity contribution in [1.82, 2.24) is 10.2 Å². The molecule has 1 saturated carbocycles. The molecule has 0 bridgehead atoms. The van der Waals surface area contributed by atoms with E-state index in [9.17, 15) is 0 Å². The number of hydrogen-bond donors (Lipinski definition) is 1. The summed E-state index contributed by atoms with van der Waals surface area (Å²) in [6.45, 7) is 7.21. The third-order valence-electron chi connectivity index (χ3n) is 3.89. The Kier molecular flexibility index (Phi) is 4.78. The van der Waals surface area contributed by atoms with E-state index in [2.05, 4.69) is 53.7 Å². The summed E-state index contributed by atoms with van der Waals surface area (Å²) in [5.74, 6) is 2.12. The van der Waals surface area contributed by atoms with Gasteiger partial charge in [-0.15, -0.1) is 11.3 Å². The number of nitrogens with zero attached hydrogens (tertiary/aromatic N) is 1. The molecule has 0 aromatic carbocycles. The first-order valence-electron chi connectivity index (χ1n) is 7.78. The molecule has 0 amide bonds. The third-order valence-corrected chi connectivity index (χ3v) is 4.75. The highest BCUT2D eigenvalue weighted by molar-refractivity contribution is 7.09. The maximum atomic E-state index is 5.96. The van der Waals surface area contributed by atoms with Crippen LogP contribution in [0.5, 0.6) is 0 Å². The van der Waals surface area contributed by atoms with E-state index in [1.807, 2.05) is 11.3 Å². The minimum Gasteiger partial charge on any atom is -0.463 e. The quantitative estimate of drug-likeness (QED) is 0.799. The van der Waals surface area contributed by atoms with Crippen LogP contribution in [-0.4, -0.2) is 17.0 Å². The van der Waals surface area contributed by atoms with Crippen LogP contribution in [-0.2, 0) is 19.6 Å². The van der Waals surface area contributed by atoms with Gasteiger partial charge in [-0.1, -0.05) is 6.07 Å². The van der Waals surface area contributed by atoms with Gasteiger partial charge in [0, 0.05) is 23.5 Å². The average molecular weight is 304 g/mol. The maximum absolute atomic E-state index is 5.96. The minimum atomic E-state index is 0.505. The first-order chi connectivity index (χ1) is 10.2. The van der Waals surface area contributed by atoms with Gasteiger partial charge in [-0.05, 0) is 50.3 Å². The van der Waals surface area contributed by atoms with Crippen molar-refractivity contribution in [2.75, 3.05) is 0 Å². The lowest BCUT2D eigenvalue weighted by atomic mass is 10.2. The third kappa shape index (κ3) is 4.43. The normalized spacial score (nSPS) is 15.2. The summed E-state index contributed by atoms with van der Waals surface area (Å²) in [5, 5.41) is 5.63. The summed E-state index contributed by atoms with van der Waals surface area (Å²) >= 11 is 1.82. The Morgan fingerprint density at radius 3 is 2.71 bits per heavy atom. The summed E-state index contributed by atoms with van der Waals surface area (Å²) in [6.07, 6.45) is 2.63. The Labute approximate surface area is 131 Å². The minimum absolute atomic E-state index is 0.505. The lowest BCUT2D eigenvalue weighted by Gasteiger charge is -2.24. The summed E-state index contributed by atoms with van der Waals surface area (Å²) in [6, 6.07) is 9.78. The van der Waals surface area contributed by atoms with Gasteiger partial charge in [0.1, 0.15) is 11.5 Å². The molecule has 3 nitrogen and oxygen atoms in total. The Hall–Kier alpha value is -1.10. The van der Waals surface area contributed by atoms with Gasteiger partial charge >= 0.3 is 0 Å². The maximum Gasteiger partial charge on any atom is 0.118 e. The van der Waals surface area contributed by atoms with Crippen LogP contribution in [0.2, 0.25) is 0 Å².